The minimum Gasteiger partial charge on any atom is -0.504 e. The zero-order chi connectivity index (χ0) is 22.7. The average molecular weight is 453 g/mol. The number of aromatic hydroxyl groups is 3. The maximum Gasteiger partial charge on any atom is 0.254 e. The number of benzene rings is 2. The predicted molar refractivity (Wildman–Crippen MR) is 127 cm³/mol. The van der Waals surface area contributed by atoms with Crippen molar-refractivity contribution in [1.82, 2.24) is 4.90 Å². The molecule has 2 heterocycles. The van der Waals surface area contributed by atoms with E-state index < -0.39 is 17.2 Å². The normalized spacial score (nSPS) is 15.9. The summed E-state index contributed by atoms with van der Waals surface area (Å²) < 4.78 is 0. The summed E-state index contributed by atoms with van der Waals surface area (Å²) in [6.45, 7) is 2.26. The molecule has 0 spiro atoms. The number of nitrogens with zero attached hydrogens (tertiary/aromatic N) is 2. The van der Waals surface area contributed by atoms with Gasteiger partial charge in [0, 0.05) is 53.8 Å². The Morgan fingerprint density at radius 1 is 1.00 bits per heavy atom. The minimum absolute atomic E-state index is 0.130. The van der Waals surface area contributed by atoms with E-state index in [9.17, 15) is 20.1 Å². The molecular weight excluding hydrogens is 428 g/mol. The van der Waals surface area contributed by atoms with Gasteiger partial charge >= 0.3 is 0 Å². The molecule has 0 aliphatic carbocycles. The second-order valence-corrected chi connectivity index (χ2v) is 8.52. The van der Waals surface area contributed by atoms with E-state index in [4.69, 9.17) is 5.41 Å². The fourth-order valence-corrected chi connectivity index (χ4v) is 4.35. The van der Waals surface area contributed by atoms with Crippen LogP contribution in [0, 0.1) is 5.41 Å². The van der Waals surface area contributed by atoms with Crippen molar-refractivity contribution in [2.45, 2.75) is 0 Å². The van der Waals surface area contributed by atoms with Crippen LogP contribution in [0.5, 0.6) is 17.2 Å². The zero-order valence-electron chi connectivity index (χ0n) is 17.3. The molecule has 5 N–H and O–H groups in total. The Labute approximate surface area is 190 Å². The van der Waals surface area contributed by atoms with Crippen molar-refractivity contribution in [1.29, 1.82) is 5.41 Å². The SMILES string of the molecule is N=C(Nc1ccc(N2CCN(C(=O)c3cc(O)c(O)c(O)c3)CC2)cc1)C1=CC=CCS1. The van der Waals surface area contributed by atoms with Gasteiger partial charge in [-0.2, -0.15) is 0 Å². The standard InChI is InChI=1S/C23H24N4O4S/c24-22(20-3-1-2-12-32-20)25-16-4-6-17(7-5-16)26-8-10-27(11-9-26)23(31)15-13-18(28)21(30)19(29)14-15/h1-7,13-14,28-30H,8-12H2,(H2,24,25). The van der Waals surface area contributed by atoms with Crippen LogP contribution < -0.4 is 10.2 Å². The molecule has 0 aromatic heterocycles. The maximum absolute atomic E-state index is 12.7. The molecule has 4 rings (SSSR count). The third-order valence-corrected chi connectivity index (χ3v) is 6.36. The van der Waals surface area contributed by atoms with Gasteiger partial charge in [-0.25, -0.2) is 0 Å². The number of phenolic OH excluding ortho intramolecular Hbond substituents is 3. The molecular formula is C23H24N4O4S. The summed E-state index contributed by atoms with van der Waals surface area (Å²) >= 11 is 1.63. The lowest BCUT2D eigenvalue weighted by molar-refractivity contribution is 0.0746. The van der Waals surface area contributed by atoms with Crippen LogP contribution in [0.1, 0.15) is 10.4 Å². The number of piperazine rings is 1. The summed E-state index contributed by atoms with van der Waals surface area (Å²) in [6.07, 6.45) is 5.95. The monoisotopic (exact) mass is 452 g/mol. The van der Waals surface area contributed by atoms with Gasteiger partial charge in [0.1, 0.15) is 5.84 Å². The van der Waals surface area contributed by atoms with Gasteiger partial charge in [-0.1, -0.05) is 12.2 Å². The molecule has 2 aliphatic rings. The van der Waals surface area contributed by atoms with E-state index in [1.807, 2.05) is 36.4 Å². The third-order valence-electron chi connectivity index (χ3n) is 5.35. The fourth-order valence-electron chi connectivity index (χ4n) is 3.59. The molecule has 166 valence electrons. The average Bonchev–Trinajstić information content (AvgIpc) is 2.83. The van der Waals surface area contributed by atoms with Crippen LogP contribution in [0.25, 0.3) is 0 Å². The number of nitrogens with one attached hydrogen (secondary N) is 2. The molecule has 0 bridgehead atoms. The van der Waals surface area contributed by atoms with Crippen LogP contribution in [0.2, 0.25) is 0 Å². The van der Waals surface area contributed by atoms with Crippen LogP contribution in [0.15, 0.2) is 59.5 Å². The number of carbonyl (C=O) groups is 1. The number of phenols is 3. The second-order valence-electron chi connectivity index (χ2n) is 7.46. The maximum atomic E-state index is 12.7. The molecule has 32 heavy (non-hydrogen) atoms. The highest BCUT2D eigenvalue weighted by Gasteiger charge is 2.24. The number of thioether (sulfide) groups is 1. The molecule has 0 radical (unpaired) electrons. The lowest BCUT2D eigenvalue weighted by atomic mass is 10.1. The first-order chi connectivity index (χ1) is 15.4. The summed E-state index contributed by atoms with van der Waals surface area (Å²) in [5.41, 5.74) is 2.00. The highest BCUT2D eigenvalue weighted by molar-refractivity contribution is 8.04. The molecule has 1 fully saturated rings. The summed E-state index contributed by atoms with van der Waals surface area (Å²) in [4.78, 5) is 17.4. The molecule has 2 aromatic carbocycles. The summed E-state index contributed by atoms with van der Waals surface area (Å²) in [6, 6.07) is 10.2. The number of carbonyl (C=O) groups excluding carboxylic acids is 1. The molecule has 0 unspecified atom stereocenters. The quantitative estimate of drug-likeness (QED) is 0.274. The van der Waals surface area contributed by atoms with Crippen molar-refractivity contribution in [2.75, 3.05) is 42.1 Å². The van der Waals surface area contributed by atoms with Gasteiger partial charge < -0.3 is 30.4 Å². The topological polar surface area (TPSA) is 120 Å². The van der Waals surface area contributed by atoms with Crippen molar-refractivity contribution < 1.29 is 20.1 Å². The Kier molecular flexibility index (Phi) is 6.27. The number of amidine groups is 1. The van der Waals surface area contributed by atoms with Crippen LogP contribution in [-0.2, 0) is 0 Å². The Bertz CT molecular complexity index is 1070. The second kappa shape index (κ2) is 9.27. The van der Waals surface area contributed by atoms with Crippen molar-refractivity contribution in [3.63, 3.8) is 0 Å². The molecule has 9 heteroatoms. The minimum atomic E-state index is -0.634. The molecule has 2 aliphatic heterocycles. The van der Waals surface area contributed by atoms with Gasteiger partial charge in [0.2, 0.25) is 0 Å². The van der Waals surface area contributed by atoms with Crippen molar-refractivity contribution in [2.24, 2.45) is 0 Å². The molecule has 2 aromatic rings. The molecule has 1 saturated heterocycles. The summed E-state index contributed by atoms with van der Waals surface area (Å²) in [5.74, 6) is -0.737. The largest absolute Gasteiger partial charge is 0.504 e. The van der Waals surface area contributed by atoms with Crippen molar-refractivity contribution >= 4 is 34.9 Å². The Balaban J connectivity index is 1.34. The number of hydrogen-bond donors (Lipinski definition) is 5. The third kappa shape index (κ3) is 4.67. The summed E-state index contributed by atoms with van der Waals surface area (Å²) in [5, 5.41) is 40.1. The van der Waals surface area contributed by atoms with E-state index >= 15 is 0 Å². The fraction of sp³-hybridized carbons (Fsp3) is 0.217. The van der Waals surface area contributed by atoms with Crippen molar-refractivity contribution in [3.8, 4) is 17.2 Å². The van der Waals surface area contributed by atoms with E-state index in [1.165, 1.54) is 0 Å². The summed E-state index contributed by atoms with van der Waals surface area (Å²) in [7, 11) is 0. The van der Waals surface area contributed by atoms with Gasteiger partial charge in [0.15, 0.2) is 17.2 Å². The lowest BCUT2D eigenvalue weighted by Gasteiger charge is -2.36. The van der Waals surface area contributed by atoms with Crippen LogP contribution in [0.4, 0.5) is 11.4 Å². The Morgan fingerprint density at radius 3 is 2.25 bits per heavy atom. The predicted octanol–water partition coefficient (Wildman–Crippen LogP) is 3.34. The molecule has 0 saturated carbocycles. The Morgan fingerprint density at radius 2 is 1.66 bits per heavy atom. The number of amides is 1. The smallest absolute Gasteiger partial charge is 0.254 e. The molecule has 1 amide bonds. The number of anilines is 2. The van der Waals surface area contributed by atoms with E-state index in [0.717, 1.165) is 34.2 Å². The van der Waals surface area contributed by atoms with Gasteiger partial charge in [0.05, 0.1) is 0 Å². The number of hydrogen-bond acceptors (Lipinski definition) is 7. The van der Waals surface area contributed by atoms with E-state index in [1.54, 1.807) is 16.7 Å². The van der Waals surface area contributed by atoms with Crippen LogP contribution >= 0.6 is 11.8 Å². The molecule has 8 nitrogen and oxygen atoms in total. The lowest BCUT2D eigenvalue weighted by Crippen LogP contribution is -2.48. The van der Waals surface area contributed by atoms with Gasteiger partial charge in [0.25, 0.3) is 5.91 Å². The van der Waals surface area contributed by atoms with Crippen LogP contribution in [0.3, 0.4) is 0 Å². The van der Waals surface area contributed by atoms with E-state index in [0.29, 0.717) is 32.0 Å². The first-order valence-corrected chi connectivity index (χ1v) is 11.2. The van der Waals surface area contributed by atoms with Crippen LogP contribution in [-0.4, -0.2) is 63.9 Å². The number of rotatable bonds is 4. The van der Waals surface area contributed by atoms with Crippen molar-refractivity contribution in [3.05, 3.63) is 65.1 Å². The zero-order valence-corrected chi connectivity index (χ0v) is 18.1. The number of allylic oxidation sites excluding steroid dienone is 2. The highest BCUT2D eigenvalue weighted by Crippen LogP contribution is 2.35. The van der Waals surface area contributed by atoms with Gasteiger partial charge in [-0.3, -0.25) is 10.2 Å². The first kappa shape index (κ1) is 21.6. The Hall–Kier alpha value is -3.59. The van der Waals surface area contributed by atoms with E-state index in [2.05, 4.69) is 16.3 Å². The first-order valence-electron chi connectivity index (χ1n) is 10.2. The van der Waals surface area contributed by atoms with E-state index in [-0.39, 0.29) is 11.5 Å². The molecule has 0 atom stereocenters. The van der Waals surface area contributed by atoms with Gasteiger partial charge in [-0.05, 0) is 42.5 Å². The van der Waals surface area contributed by atoms with Gasteiger partial charge in [-0.15, -0.1) is 11.8 Å². The highest BCUT2D eigenvalue weighted by atomic mass is 32.2.